The molecule has 0 saturated carbocycles. The lowest BCUT2D eigenvalue weighted by atomic mass is 9.83. The first-order valence-corrected chi connectivity index (χ1v) is 11.4. The minimum Gasteiger partial charge on any atom is -0.326 e. The van der Waals surface area contributed by atoms with Crippen LogP contribution in [0.1, 0.15) is 43.0 Å². The fourth-order valence-corrected chi connectivity index (χ4v) is 4.92. The summed E-state index contributed by atoms with van der Waals surface area (Å²) in [6, 6.07) is 10.3. The van der Waals surface area contributed by atoms with Gasteiger partial charge in [0.15, 0.2) is 0 Å². The molecule has 2 N–H and O–H groups in total. The van der Waals surface area contributed by atoms with Crippen molar-refractivity contribution in [3.05, 3.63) is 63.6 Å². The highest BCUT2D eigenvalue weighted by Gasteiger charge is 2.37. The van der Waals surface area contributed by atoms with Crippen LogP contribution >= 0.6 is 0 Å². The maximum absolute atomic E-state index is 13.2. The number of pyridine rings is 1. The zero-order valence-corrected chi connectivity index (χ0v) is 19.2. The monoisotopic (exact) mass is 436 g/mol. The molecular formula is C25H32N4O3. The molecule has 1 saturated heterocycles. The molecule has 0 radical (unpaired) electrons. The zero-order valence-electron chi connectivity index (χ0n) is 19.2. The van der Waals surface area contributed by atoms with E-state index in [0.717, 1.165) is 28.9 Å². The number of hydrogen-bond donors (Lipinski definition) is 2. The van der Waals surface area contributed by atoms with Gasteiger partial charge in [-0.1, -0.05) is 32.0 Å². The number of likely N-dealkylation sites (tertiary alicyclic amines) is 1. The SMILES string of the molecule is Cc1cccc(NC(=O)[C@@H](NC(=O)N2C[C@H]3C[C@@H](C2)c2cccc(=O)n2C3)C(C)C)c1C. The van der Waals surface area contributed by atoms with Crippen molar-refractivity contribution in [2.75, 3.05) is 18.4 Å². The van der Waals surface area contributed by atoms with E-state index in [1.807, 2.05) is 56.5 Å². The summed E-state index contributed by atoms with van der Waals surface area (Å²) in [5.74, 6) is 0.112. The van der Waals surface area contributed by atoms with Crippen LogP contribution in [-0.4, -0.2) is 40.5 Å². The number of rotatable bonds is 4. The second kappa shape index (κ2) is 8.81. The summed E-state index contributed by atoms with van der Waals surface area (Å²) in [5.41, 5.74) is 3.92. The van der Waals surface area contributed by atoms with Crippen molar-refractivity contribution in [2.24, 2.45) is 11.8 Å². The van der Waals surface area contributed by atoms with E-state index in [9.17, 15) is 14.4 Å². The molecule has 2 aromatic rings. The molecule has 7 heteroatoms. The van der Waals surface area contributed by atoms with Crippen LogP contribution < -0.4 is 16.2 Å². The van der Waals surface area contributed by atoms with Gasteiger partial charge in [0, 0.05) is 43.0 Å². The molecule has 0 aliphatic carbocycles. The van der Waals surface area contributed by atoms with E-state index in [0.29, 0.717) is 19.6 Å². The summed E-state index contributed by atoms with van der Waals surface area (Å²) in [5, 5.41) is 5.96. The molecule has 7 nitrogen and oxygen atoms in total. The van der Waals surface area contributed by atoms with Crippen molar-refractivity contribution in [1.82, 2.24) is 14.8 Å². The molecule has 170 valence electrons. The minimum atomic E-state index is -0.640. The molecule has 4 rings (SSSR count). The van der Waals surface area contributed by atoms with Crippen LogP contribution in [-0.2, 0) is 11.3 Å². The average Bonchev–Trinajstić information content (AvgIpc) is 2.75. The molecule has 3 atom stereocenters. The number of carbonyl (C=O) groups is 2. The quantitative estimate of drug-likeness (QED) is 0.772. The number of anilines is 1. The lowest BCUT2D eigenvalue weighted by Crippen LogP contribution is -2.56. The number of nitrogens with zero attached hydrogens (tertiary/aromatic N) is 2. The minimum absolute atomic E-state index is 0.0260. The van der Waals surface area contributed by atoms with Gasteiger partial charge in [-0.15, -0.1) is 0 Å². The number of amides is 3. The molecule has 32 heavy (non-hydrogen) atoms. The summed E-state index contributed by atoms with van der Waals surface area (Å²) < 4.78 is 1.85. The molecule has 3 amide bonds. The Balaban J connectivity index is 1.46. The Morgan fingerprint density at radius 1 is 1.03 bits per heavy atom. The highest BCUT2D eigenvalue weighted by molar-refractivity contribution is 5.97. The van der Waals surface area contributed by atoms with E-state index in [1.165, 1.54) is 0 Å². The maximum atomic E-state index is 13.2. The van der Waals surface area contributed by atoms with Gasteiger partial charge in [-0.3, -0.25) is 9.59 Å². The summed E-state index contributed by atoms with van der Waals surface area (Å²) in [6.45, 7) is 9.62. The fraction of sp³-hybridized carbons (Fsp3) is 0.480. The Labute approximate surface area is 188 Å². The molecule has 2 aliphatic heterocycles. The number of carbonyl (C=O) groups excluding carboxylic acids is 2. The van der Waals surface area contributed by atoms with Gasteiger partial charge in [-0.05, 0) is 55.4 Å². The highest BCUT2D eigenvalue weighted by Crippen LogP contribution is 2.35. The van der Waals surface area contributed by atoms with Crippen LogP contribution in [0.25, 0.3) is 0 Å². The molecule has 2 bridgehead atoms. The largest absolute Gasteiger partial charge is 0.326 e. The van der Waals surface area contributed by atoms with Crippen LogP contribution in [0.5, 0.6) is 0 Å². The van der Waals surface area contributed by atoms with Crippen LogP contribution in [0.4, 0.5) is 10.5 Å². The fourth-order valence-electron chi connectivity index (χ4n) is 4.92. The lowest BCUT2D eigenvalue weighted by molar-refractivity contribution is -0.118. The van der Waals surface area contributed by atoms with Crippen molar-refractivity contribution < 1.29 is 9.59 Å². The number of aryl methyl sites for hydroxylation is 1. The van der Waals surface area contributed by atoms with E-state index in [4.69, 9.17) is 0 Å². The third-order valence-corrected chi connectivity index (χ3v) is 6.86. The van der Waals surface area contributed by atoms with E-state index < -0.39 is 6.04 Å². The number of urea groups is 1. The van der Waals surface area contributed by atoms with E-state index in [-0.39, 0.29) is 35.3 Å². The zero-order chi connectivity index (χ0) is 23.0. The van der Waals surface area contributed by atoms with Crippen molar-refractivity contribution in [1.29, 1.82) is 0 Å². The van der Waals surface area contributed by atoms with Crippen LogP contribution in [0.3, 0.4) is 0 Å². The summed E-state index contributed by atoms with van der Waals surface area (Å²) >= 11 is 0. The number of fused-ring (bicyclic) bond motifs is 4. The molecule has 2 aliphatic rings. The second-order valence-corrected chi connectivity index (χ2v) is 9.51. The van der Waals surface area contributed by atoms with E-state index in [1.54, 1.807) is 17.0 Å². The molecule has 1 aromatic heterocycles. The smallest absolute Gasteiger partial charge is 0.318 e. The predicted octanol–water partition coefficient (Wildman–Crippen LogP) is 3.26. The first-order valence-electron chi connectivity index (χ1n) is 11.4. The molecule has 0 spiro atoms. The lowest BCUT2D eigenvalue weighted by Gasteiger charge is -2.43. The number of aromatic nitrogens is 1. The predicted molar refractivity (Wildman–Crippen MR) is 125 cm³/mol. The van der Waals surface area contributed by atoms with Gasteiger partial charge in [0.1, 0.15) is 6.04 Å². The maximum Gasteiger partial charge on any atom is 0.318 e. The topological polar surface area (TPSA) is 83.4 Å². The number of piperidine rings is 1. The van der Waals surface area contributed by atoms with Gasteiger partial charge in [-0.25, -0.2) is 4.79 Å². The highest BCUT2D eigenvalue weighted by atomic mass is 16.2. The molecule has 0 unspecified atom stereocenters. The average molecular weight is 437 g/mol. The third-order valence-electron chi connectivity index (χ3n) is 6.86. The van der Waals surface area contributed by atoms with E-state index in [2.05, 4.69) is 10.6 Å². The van der Waals surface area contributed by atoms with Gasteiger partial charge >= 0.3 is 6.03 Å². The summed E-state index contributed by atoms with van der Waals surface area (Å²) in [4.78, 5) is 40.3. The van der Waals surface area contributed by atoms with Crippen LogP contribution in [0, 0.1) is 25.7 Å². The standard InChI is InChI=1S/C25H32N4O3/c1-15(2)23(24(31)26-20-8-5-7-16(3)17(20)4)27-25(32)28-12-18-11-19(14-28)21-9-6-10-22(30)29(21)13-18/h5-10,15,18-19,23H,11-14H2,1-4H3,(H,26,31)(H,27,32)/t18-,19+,23+/m1/s1. The van der Waals surface area contributed by atoms with Crippen molar-refractivity contribution in [3.8, 4) is 0 Å². The normalized spacial score (nSPS) is 20.5. The van der Waals surface area contributed by atoms with Crippen LogP contribution in [0.2, 0.25) is 0 Å². The third kappa shape index (κ3) is 4.29. The van der Waals surface area contributed by atoms with Gasteiger partial charge < -0.3 is 20.1 Å². The molecular weight excluding hydrogens is 404 g/mol. The Morgan fingerprint density at radius 2 is 1.78 bits per heavy atom. The van der Waals surface area contributed by atoms with Gasteiger partial charge in [-0.2, -0.15) is 0 Å². The van der Waals surface area contributed by atoms with Crippen LogP contribution in [0.15, 0.2) is 41.2 Å². The number of nitrogens with one attached hydrogen (secondary N) is 2. The van der Waals surface area contributed by atoms with E-state index >= 15 is 0 Å². The Kier molecular flexibility index (Phi) is 6.09. The first-order chi connectivity index (χ1) is 15.2. The van der Waals surface area contributed by atoms with Crippen molar-refractivity contribution >= 4 is 17.6 Å². The summed E-state index contributed by atoms with van der Waals surface area (Å²) in [7, 11) is 0. The molecule has 1 aromatic carbocycles. The molecule has 3 heterocycles. The Morgan fingerprint density at radius 3 is 2.53 bits per heavy atom. The number of hydrogen-bond acceptors (Lipinski definition) is 3. The number of benzene rings is 1. The van der Waals surface area contributed by atoms with Gasteiger partial charge in [0.25, 0.3) is 5.56 Å². The Hall–Kier alpha value is -3.09. The van der Waals surface area contributed by atoms with Gasteiger partial charge in [0.05, 0.1) is 0 Å². The second-order valence-electron chi connectivity index (χ2n) is 9.51. The first kappa shape index (κ1) is 22.1. The van der Waals surface area contributed by atoms with Gasteiger partial charge in [0.2, 0.25) is 5.91 Å². The Bertz CT molecular complexity index is 1090. The van der Waals surface area contributed by atoms with Crippen molar-refractivity contribution in [3.63, 3.8) is 0 Å². The molecule has 1 fully saturated rings. The van der Waals surface area contributed by atoms with Crippen molar-refractivity contribution in [2.45, 2.75) is 52.6 Å². The summed E-state index contributed by atoms with van der Waals surface area (Å²) in [6.07, 6.45) is 0.980.